The molecule has 0 amide bonds. The fourth-order valence-electron chi connectivity index (χ4n) is 5.06. The molecule has 36 heavy (non-hydrogen) atoms. The number of aliphatic carboxylic acids is 1. The number of rotatable bonds is 14. The number of carbonyl (C=O) groups is 1. The van der Waals surface area contributed by atoms with Gasteiger partial charge in [0.2, 0.25) is 0 Å². The molecule has 0 saturated carbocycles. The van der Waals surface area contributed by atoms with Gasteiger partial charge in [-0.1, -0.05) is 36.4 Å². The SMILES string of the molecule is CC(OCC(O)CNC(C)(C)CC1Cc2ccccc2C1)c1cccc(OC(F)F)c1CCC(=O)O. The topological polar surface area (TPSA) is 88.0 Å². The molecule has 0 saturated heterocycles. The molecule has 0 aromatic heterocycles. The molecule has 198 valence electrons. The Morgan fingerprint density at radius 3 is 2.42 bits per heavy atom. The van der Waals surface area contributed by atoms with Gasteiger partial charge < -0.3 is 25.0 Å². The van der Waals surface area contributed by atoms with Crippen LogP contribution in [0.1, 0.15) is 62.0 Å². The fraction of sp³-hybridized carbons (Fsp3) is 0.536. The second-order valence-corrected chi connectivity index (χ2v) is 10.2. The molecule has 0 fully saturated rings. The Hall–Kier alpha value is -2.55. The van der Waals surface area contributed by atoms with Crippen LogP contribution in [0.5, 0.6) is 5.75 Å². The number of aliphatic hydroxyl groups excluding tert-OH is 1. The molecule has 0 bridgehead atoms. The van der Waals surface area contributed by atoms with Crippen molar-refractivity contribution in [3.05, 3.63) is 64.7 Å². The molecule has 2 aromatic rings. The lowest BCUT2D eigenvalue weighted by Crippen LogP contribution is -2.45. The van der Waals surface area contributed by atoms with E-state index in [2.05, 4.69) is 48.2 Å². The summed E-state index contributed by atoms with van der Waals surface area (Å²) in [6.45, 7) is 3.38. The molecule has 0 radical (unpaired) electrons. The van der Waals surface area contributed by atoms with Gasteiger partial charge in [-0.15, -0.1) is 0 Å². The standard InChI is InChI=1S/C28H37F2NO5/c1-18(23-9-6-10-25(36-27(29)30)24(23)11-12-26(33)34)35-17-22(32)16-31-28(2,3)15-19-13-20-7-4-5-8-21(20)14-19/h4-10,18-19,22,27,31-32H,11-17H2,1-3H3,(H,33,34). The lowest BCUT2D eigenvalue weighted by molar-refractivity contribution is -0.136. The first-order valence-electron chi connectivity index (χ1n) is 12.4. The summed E-state index contributed by atoms with van der Waals surface area (Å²) < 4.78 is 36.2. The summed E-state index contributed by atoms with van der Waals surface area (Å²) in [6.07, 6.45) is 1.62. The third kappa shape index (κ3) is 8.25. The quantitative estimate of drug-likeness (QED) is 0.338. The third-order valence-electron chi connectivity index (χ3n) is 6.70. The summed E-state index contributed by atoms with van der Waals surface area (Å²) >= 11 is 0. The number of aliphatic hydroxyl groups is 1. The van der Waals surface area contributed by atoms with Crippen LogP contribution in [0.25, 0.3) is 0 Å². The number of carboxylic acids is 1. The van der Waals surface area contributed by atoms with Crippen LogP contribution >= 0.6 is 0 Å². The lowest BCUT2D eigenvalue weighted by atomic mass is 9.88. The van der Waals surface area contributed by atoms with E-state index in [9.17, 15) is 18.7 Å². The zero-order chi connectivity index (χ0) is 26.3. The Morgan fingerprint density at radius 2 is 1.81 bits per heavy atom. The van der Waals surface area contributed by atoms with Gasteiger partial charge >= 0.3 is 12.6 Å². The number of β-amino-alcohol motifs (C(OH)–C–C–N with tert-alkyl or cyclic N) is 1. The monoisotopic (exact) mass is 505 g/mol. The van der Waals surface area contributed by atoms with Gasteiger partial charge in [-0.2, -0.15) is 8.78 Å². The number of hydrogen-bond acceptors (Lipinski definition) is 5. The maximum absolute atomic E-state index is 12.9. The van der Waals surface area contributed by atoms with Crippen LogP contribution in [0.2, 0.25) is 0 Å². The maximum Gasteiger partial charge on any atom is 0.387 e. The number of fused-ring (bicyclic) bond motifs is 1. The Kier molecular flexibility index (Phi) is 9.82. The van der Waals surface area contributed by atoms with E-state index in [1.165, 1.54) is 17.2 Å². The lowest BCUT2D eigenvalue weighted by Gasteiger charge is -2.31. The number of carboxylic acid groups (broad SMARTS) is 1. The molecule has 6 nitrogen and oxygen atoms in total. The molecule has 3 N–H and O–H groups in total. The number of nitrogens with one attached hydrogen (secondary N) is 1. The highest BCUT2D eigenvalue weighted by molar-refractivity contribution is 5.67. The minimum Gasteiger partial charge on any atom is -0.481 e. The van der Waals surface area contributed by atoms with Gasteiger partial charge in [0, 0.05) is 24.1 Å². The van der Waals surface area contributed by atoms with E-state index in [0.29, 0.717) is 23.6 Å². The highest BCUT2D eigenvalue weighted by Gasteiger charge is 2.28. The second kappa shape index (κ2) is 12.6. The highest BCUT2D eigenvalue weighted by Crippen LogP contribution is 2.33. The molecule has 8 heteroatoms. The molecule has 2 aromatic carbocycles. The first-order valence-corrected chi connectivity index (χ1v) is 12.4. The van der Waals surface area contributed by atoms with E-state index in [4.69, 9.17) is 9.84 Å². The second-order valence-electron chi connectivity index (χ2n) is 10.2. The summed E-state index contributed by atoms with van der Waals surface area (Å²) in [6, 6.07) is 13.2. The number of benzene rings is 2. The van der Waals surface area contributed by atoms with Crippen molar-refractivity contribution in [3.63, 3.8) is 0 Å². The normalized spacial score (nSPS) is 15.6. The van der Waals surface area contributed by atoms with Gasteiger partial charge in [-0.3, -0.25) is 4.79 Å². The number of ether oxygens (including phenoxy) is 2. The van der Waals surface area contributed by atoms with Crippen molar-refractivity contribution < 1.29 is 33.3 Å². The van der Waals surface area contributed by atoms with Crippen LogP contribution in [0.3, 0.4) is 0 Å². The maximum atomic E-state index is 12.9. The first kappa shape index (κ1) is 28.0. The van der Waals surface area contributed by atoms with Crippen molar-refractivity contribution >= 4 is 5.97 Å². The highest BCUT2D eigenvalue weighted by atomic mass is 19.3. The summed E-state index contributed by atoms with van der Waals surface area (Å²) in [5, 5.41) is 23.0. The molecular weight excluding hydrogens is 468 g/mol. The van der Waals surface area contributed by atoms with Crippen molar-refractivity contribution in [3.8, 4) is 5.75 Å². The molecule has 3 rings (SSSR count). The van der Waals surface area contributed by atoms with E-state index in [1.807, 2.05) is 0 Å². The molecule has 2 atom stereocenters. The van der Waals surface area contributed by atoms with E-state index < -0.39 is 24.8 Å². The van der Waals surface area contributed by atoms with E-state index in [1.54, 1.807) is 19.1 Å². The molecule has 0 spiro atoms. The summed E-state index contributed by atoms with van der Waals surface area (Å²) in [4.78, 5) is 11.1. The van der Waals surface area contributed by atoms with E-state index >= 15 is 0 Å². The summed E-state index contributed by atoms with van der Waals surface area (Å²) in [5.74, 6) is -0.533. The van der Waals surface area contributed by atoms with Gasteiger partial charge in [0.25, 0.3) is 0 Å². The summed E-state index contributed by atoms with van der Waals surface area (Å²) in [7, 11) is 0. The van der Waals surface area contributed by atoms with Crippen LogP contribution in [-0.4, -0.2) is 47.6 Å². The average Bonchev–Trinajstić information content (AvgIpc) is 3.21. The van der Waals surface area contributed by atoms with Gasteiger partial charge in [0.15, 0.2) is 0 Å². The smallest absolute Gasteiger partial charge is 0.387 e. The molecule has 0 heterocycles. The van der Waals surface area contributed by atoms with Crippen LogP contribution in [0.15, 0.2) is 42.5 Å². The van der Waals surface area contributed by atoms with Gasteiger partial charge in [-0.25, -0.2) is 0 Å². The van der Waals surface area contributed by atoms with Crippen LogP contribution < -0.4 is 10.1 Å². The largest absolute Gasteiger partial charge is 0.481 e. The van der Waals surface area contributed by atoms with Crippen molar-refractivity contribution in [1.82, 2.24) is 5.32 Å². The van der Waals surface area contributed by atoms with Crippen molar-refractivity contribution in [2.45, 2.75) is 77.2 Å². The number of alkyl halides is 2. The zero-order valence-electron chi connectivity index (χ0n) is 21.2. The number of halogens is 2. The number of hydrogen-bond donors (Lipinski definition) is 3. The van der Waals surface area contributed by atoms with Crippen LogP contribution in [0.4, 0.5) is 8.78 Å². The Bertz CT molecular complexity index is 988. The fourth-order valence-corrected chi connectivity index (χ4v) is 5.06. The third-order valence-corrected chi connectivity index (χ3v) is 6.70. The average molecular weight is 506 g/mol. The minimum atomic E-state index is -3.02. The van der Waals surface area contributed by atoms with Crippen LogP contribution in [-0.2, 0) is 28.8 Å². The predicted molar refractivity (Wildman–Crippen MR) is 133 cm³/mol. The Morgan fingerprint density at radius 1 is 1.14 bits per heavy atom. The molecule has 2 unspecified atom stereocenters. The van der Waals surface area contributed by atoms with E-state index in [0.717, 1.165) is 19.3 Å². The Balaban J connectivity index is 1.51. The van der Waals surface area contributed by atoms with Gasteiger partial charge in [0.05, 0.1) is 18.8 Å². The molecule has 0 aliphatic heterocycles. The summed E-state index contributed by atoms with van der Waals surface area (Å²) in [5.41, 5.74) is 3.62. The minimum absolute atomic E-state index is 0.0323. The molecule has 1 aliphatic carbocycles. The van der Waals surface area contributed by atoms with E-state index in [-0.39, 0.29) is 30.7 Å². The Labute approximate surface area is 211 Å². The zero-order valence-corrected chi connectivity index (χ0v) is 21.2. The van der Waals surface area contributed by atoms with Gasteiger partial charge in [-0.05, 0) is 75.1 Å². The van der Waals surface area contributed by atoms with Crippen molar-refractivity contribution in [1.29, 1.82) is 0 Å². The van der Waals surface area contributed by atoms with Crippen LogP contribution in [0, 0.1) is 5.92 Å². The molecular formula is C28H37F2NO5. The van der Waals surface area contributed by atoms with Crippen molar-refractivity contribution in [2.24, 2.45) is 5.92 Å². The molecule has 1 aliphatic rings. The predicted octanol–water partition coefficient (Wildman–Crippen LogP) is 4.92. The van der Waals surface area contributed by atoms with Crippen molar-refractivity contribution in [2.75, 3.05) is 13.2 Å². The van der Waals surface area contributed by atoms with Gasteiger partial charge in [0.1, 0.15) is 5.75 Å². The first-order chi connectivity index (χ1) is 17.0.